The molecule has 0 fully saturated rings. The topological polar surface area (TPSA) is 112 Å². The van der Waals surface area contributed by atoms with Crippen molar-refractivity contribution >= 4 is 11.9 Å². The summed E-state index contributed by atoms with van der Waals surface area (Å²) < 4.78 is 5.06. The van der Waals surface area contributed by atoms with Crippen LogP contribution in [0.3, 0.4) is 0 Å². The third-order valence-electron chi connectivity index (χ3n) is 3.53. The molecule has 0 saturated carbocycles. The largest absolute Gasteiger partial charge is 0.453 e. The van der Waals surface area contributed by atoms with Gasteiger partial charge < -0.3 is 15.0 Å². The number of hydrogen-bond donors (Lipinski definition) is 2. The Kier molecular flexibility index (Phi) is 6.51. The fraction of sp³-hybridized carbons (Fsp3) is 0.500. The molecule has 7 nitrogen and oxygen atoms in total. The summed E-state index contributed by atoms with van der Waals surface area (Å²) in [6.07, 6.45) is -0.471. The third kappa shape index (κ3) is 4.68. The Labute approximate surface area is 134 Å². The fourth-order valence-corrected chi connectivity index (χ4v) is 2.27. The summed E-state index contributed by atoms with van der Waals surface area (Å²) in [6, 6.07) is 1.87. The molecule has 1 rings (SSSR count). The van der Waals surface area contributed by atoms with E-state index in [0.717, 1.165) is 5.56 Å². The van der Waals surface area contributed by atoms with Crippen molar-refractivity contribution < 1.29 is 14.3 Å². The second-order valence-electron chi connectivity index (χ2n) is 5.20. The highest BCUT2D eigenvalue weighted by molar-refractivity contribution is 5.83. The SMILES string of the molecule is CCNC(=O)[C@H](C)OC(=O)CCc1c(C)[nH]c(=O)c(C#N)c1C. The molecule has 2 N–H and O–H groups in total. The van der Waals surface area contributed by atoms with Gasteiger partial charge in [-0.25, -0.2) is 0 Å². The number of hydrogen-bond acceptors (Lipinski definition) is 5. The van der Waals surface area contributed by atoms with Gasteiger partial charge >= 0.3 is 5.97 Å². The minimum absolute atomic E-state index is 0.0506. The maximum absolute atomic E-state index is 11.8. The number of aromatic nitrogens is 1. The van der Waals surface area contributed by atoms with E-state index in [4.69, 9.17) is 10.00 Å². The number of aromatic amines is 1. The molecule has 0 radical (unpaired) electrons. The number of rotatable bonds is 6. The summed E-state index contributed by atoms with van der Waals surface area (Å²) in [5.41, 5.74) is 1.55. The van der Waals surface area contributed by atoms with E-state index in [2.05, 4.69) is 10.3 Å². The predicted octanol–water partition coefficient (Wildman–Crippen LogP) is 0.864. The highest BCUT2D eigenvalue weighted by atomic mass is 16.5. The van der Waals surface area contributed by atoms with Crippen molar-refractivity contribution in [2.75, 3.05) is 6.54 Å². The maximum atomic E-state index is 11.8. The zero-order valence-electron chi connectivity index (χ0n) is 13.8. The number of nitriles is 1. The summed E-state index contributed by atoms with van der Waals surface area (Å²) in [5, 5.41) is 11.6. The first kappa shape index (κ1) is 18.4. The van der Waals surface area contributed by atoms with Gasteiger partial charge in [0.2, 0.25) is 0 Å². The lowest BCUT2D eigenvalue weighted by atomic mass is 9.99. The van der Waals surface area contributed by atoms with Crippen molar-refractivity contribution in [3.63, 3.8) is 0 Å². The van der Waals surface area contributed by atoms with Crippen molar-refractivity contribution in [3.05, 3.63) is 32.7 Å². The van der Waals surface area contributed by atoms with E-state index in [0.29, 0.717) is 24.2 Å². The van der Waals surface area contributed by atoms with Gasteiger partial charge in [-0.05, 0) is 45.2 Å². The summed E-state index contributed by atoms with van der Waals surface area (Å²) >= 11 is 0. The Morgan fingerprint density at radius 1 is 1.39 bits per heavy atom. The van der Waals surface area contributed by atoms with Gasteiger partial charge in [-0.2, -0.15) is 5.26 Å². The highest BCUT2D eigenvalue weighted by Gasteiger charge is 2.18. The lowest BCUT2D eigenvalue weighted by molar-refractivity contribution is -0.154. The van der Waals surface area contributed by atoms with Crippen molar-refractivity contribution in [1.29, 1.82) is 5.26 Å². The number of aryl methyl sites for hydroxylation is 1. The second-order valence-corrected chi connectivity index (χ2v) is 5.20. The normalized spacial score (nSPS) is 11.4. The molecule has 1 aromatic rings. The Morgan fingerprint density at radius 2 is 2.04 bits per heavy atom. The van der Waals surface area contributed by atoms with Crippen LogP contribution in [-0.2, 0) is 20.7 Å². The van der Waals surface area contributed by atoms with Crippen molar-refractivity contribution in [3.8, 4) is 6.07 Å². The first-order valence-electron chi connectivity index (χ1n) is 7.41. The number of H-pyrrole nitrogens is 1. The number of likely N-dealkylation sites (N-methyl/N-ethyl adjacent to an activating group) is 1. The van der Waals surface area contributed by atoms with Crippen LogP contribution in [0.15, 0.2) is 4.79 Å². The number of nitrogens with zero attached hydrogens (tertiary/aromatic N) is 1. The quantitative estimate of drug-likeness (QED) is 0.755. The number of pyridine rings is 1. The Bertz CT molecular complexity index is 701. The molecule has 0 aliphatic carbocycles. The Balaban J connectivity index is 2.76. The molecule has 0 bridgehead atoms. The van der Waals surface area contributed by atoms with Gasteiger partial charge in [-0.3, -0.25) is 14.4 Å². The van der Waals surface area contributed by atoms with Gasteiger partial charge in [0.05, 0.1) is 0 Å². The summed E-state index contributed by atoms with van der Waals surface area (Å²) in [7, 11) is 0. The van der Waals surface area contributed by atoms with Crippen LogP contribution in [0.2, 0.25) is 0 Å². The van der Waals surface area contributed by atoms with Crippen LogP contribution >= 0.6 is 0 Å². The molecule has 23 heavy (non-hydrogen) atoms. The lowest BCUT2D eigenvalue weighted by Crippen LogP contribution is -2.35. The van der Waals surface area contributed by atoms with E-state index >= 15 is 0 Å². The summed E-state index contributed by atoms with van der Waals surface area (Å²) in [4.78, 5) is 37.6. The van der Waals surface area contributed by atoms with Crippen LogP contribution < -0.4 is 10.9 Å². The van der Waals surface area contributed by atoms with Gasteiger partial charge in [0.15, 0.2) is 6.10 Å². The Hall–Kier alpha value is -2.62. The molecule has 0 aromatic carbocycles. The molecule has 1 aromatic heterocycles. The molecule has 1 amide bonds. The average Bonchev–Trinajstić information content (AvgIpc) is 2.47. The van der Waals surface area contributed by atoms with Crippen molar-refractivity contribution in [2.24, 2.45) is 0 Å². The molecule has 1 atom stereocenters. The first-order valence-corrected chi connectivity index (χ1v) is 7.41. The van der Waals surface area contributed by atoms with E-state index in [1.165, 1.54) is 6.92 Å². The van der Waals surface area contributed by atoms with E-state index in [9.17, 15) is 14.4 Å². The fourth-order valence-electron chi connectivity index (χ4n) is 2.27. The average molecular weight is 319 g/mol. The zero-order chi connectivity index (χ0) is 17.6. The van der Waals surface area contributed by atoms with Crippen LogP contribution in [0, 0.1) is 25.2 Å². The number of carbonyl (C=O) groups is 2. The van der Waals surface area contributed by atoms with E-state index in [1.807, 2.05) is 6.07 Å². The zero-order valence-corrected chi connectivity index (χ0v) is 13.8. The van der Waals surface area contributed by atoms with E-state index in [1.54, 1.807) is 20.8 Å². The van der Waals surface area contributed by atoms with Crippen LogP contribution in [0.5, 0.6) is 0 Å². The molecule has 1 heterocycles. The minimum atomic E-state index is -0.852. The molecule has 124 valence electrons. The predicted molar refractivity (Wildman–Crippen MR) is 83.8 cm³/mol. The Morgan fingerprint density at radius 3 is 2.61 bits per heavy atom. The maximum Gasteiger partial charge on any atom is 0.306 e. The van der Waals surface area contributed by atoms with Gasteiger partial charge in [-0.1, -0.05) is 0 Å². The molecular formula is C16H21N3O4. The van der Waals surface area contributed by atoms with Gasteiger partial charge in [0, 0.05) is 18.7 Å². The van der Waals surface area contributed by atoms with Crippen LogP contribution in [0.4, 0.5) is 0 Å². The van der Waals surface area contributed by atoms with Crippen molar-refractivity contribution in [1.82, 2.24) is 10.3 Å². The molecule has 0 unspecified atom stereocenters. The molecule has 0 saturated heterocycles. The lowest BCUT2D eigenvalue weighted by Gasteiger charge is -2.14. The molecular weight excluding hydrogens is 298 g/mol. The highest BCUT2D eigenvalue weighted by Crippen LogP contribution is 2.15. The minimum Gasteiger partial charge on any atom is -0.453 e. The third-order valence-corrected chi connectivity index (χ3v) is 3.53. The smallest absolute Gasteiger partial charge is 0.306 e. The molecule has 0 spiro atoms. The monoisotopic (exact) mass is 319 g/mol. The number of amides is 1. The first-order chi connectivity index (χ1) is 10.8. The van der Waals surface area contributed by atoms with Crippen LogP contribution in [-0.4, -0.2) is 29.5 Å². The van der Waals surface area contributed by atoms with Gasteiger partial charge in [0.1, 0.15) is 11.6 Å². The van der Waals surface area contributed by atoms with Crippen LogP contribution in [0.1, 0.15) is 42.7 Å². The van der Waals surface area contributed by atoms with E-state index in [-0.39, 0.29) is 17.9 Å². The van der Waals surface area contributed by atoms with Crippen LogP contribution in [0.25, 0.3) is 0 Å². The van der Waals surface area contributed by atoms with E-state index < -0.39 is 17.6 Å². The second kappa shape index (κ2) is 8.13. The van der Waals surface area contributed by atoms with Gasteiger partial charge in [0.25, 0.3) is 11.5 Å². The van der Waals surface area contributed by atoms with Gasteiger partial charge in [-0.15, -0.1) is 0 Å². The summed E-state index contributed by atoms with van der Waals surface area (Å²) in [5.74, 6) is -0.851. The number of ether oxygens (including phenoxy) is 1. The number of esters is 1. The number of nitrogens with one attached hydrogen (secondary N) is 2. The molecule has 0 aliphatic rings. The van der Waals surface area contributed by atoms with Crippen molar-refractivity contribution in [2.45, 2.75) is 46.6 Å². The molecule has 7 heteroatoms. The summed E-state index contributed by atoms with van der Waals surface area (Å²) in [6.45, 7) is 7.15. The number of carbonyl (C=O) groups excluding carboxylic acids is 2. The molecule has 0 aliphatic heterocycles. The standard InChI is InChI=1S/C16H21N3O4/c1-5-18-15(21)11(4)23-14(20)7-6-12-9(2)13(8-17)16(22)19-10(12)3/h11H,5-7H2,1-4H3,(H,18,21)(H,19,22)/t11-/m0/s1.